The van der Waals surface area contributed by atoms with Gasteiger partial charge in [0.15, 0.2) is 5.16 Å². The fraction of sp³-hybridized carbons (Fsp3) is 0.750. The molecule has 4 nitrogen and oxygen atoms in total. The van der Waals surface area contributed by atoms with Crippen LogP contribution in [0.3, 0.4) is 0 Å². The minimum absolute atomic E-state index is 0.0211. The molecule has 0 N–H and O–H groups in total. The topological polar surface area (TPSA) is 50.8 Å². The Bertz CT molecular complexity index is 500. The van der Waals surface area contributed by atoms with Crippen molar-refractivity contribution in [3.8, 4) is 6.07 Å². The Balaban J connectivity index is 2.13. The largest absolute Gasteiger partial charge is 0.383 e. The quantitative estimate of drug-likeness (QED) is 0.752. The molecule has 0 aliphatic heterocycles. The third kappa shape index (κ3) is 4.02. The van der Waals surface area contributed by atoms with E-state index >= 15 is 0 Å². The van der Waals surface area contributed by atoms with Crippen molar-refractivity contribution in [2.45, 2.75) is 62.9 Å². The molecule has 5 heteroatoms. The van der Waals surface area contributed by atoms with Crippen molar-refractivity contribution in [3.05, 3.63) is 11.4 Å². The van der Waals surface area contributed by atoms with E-state index in [1.807, 2.05) is 6.92 Å². The standard InChI is InChI=1S/C16H25N3OS/c1-12-13(2)19(9-10-20-3)16(18-12)21-15(11-17)14-7-5-4-6-8-14/h14-15H,4-10H2,1-3H3/t15-/m1/s1. The first kappa shape index (κ1) is 16.4. The first-order valence-corrected chi connectivity index (χ1v) is 8.64. The molecule has 1 aliphatic carbocycles. The van der Waals surface area contributed by atoms with Crippen LogP contribution < -0.4 is 0 Å². The maximum absolute atomic E-state index is 9.55. The number of ether oxygens (including phenoxy) is 1. The van der Waals surface area contributed by atoms with Crippen molar-refractivity contribution in [1.29, 1.82) is 5.26 Å². The van der Waals surface area contributed by atoms with Crippen molar-refractivity contribution >= 4 is 11.8 Å². The molecule has 0 saturated heterocycles. The van der Waals surface area contributed by atoms with Crippen LogP contribution in [0.25, 0.3) is 0 Å². The van der Waals surface area contributed by atoms with Gasteiger partial charge in [-0.15, -0.1) is 0 Å². The van der Waals surface area contributed by atoms with E-state index in [0.29, 0.717) is 12.5 Å². The number of aryl methyl sites for hydroxylation is 1. The van der Waals surface area contributed by atoms with Gasteiger partial charge in [0.2, 0.25) is 0 Å². The van der Waals surface area contributed by atoms with Gasteiger partial charge in [0.1, 0.15) is 5.25 Å². The molecule has 0 bridgehead atoms. The van der Waals surface area contributed by atoms with Crippen molar-refractivity contribution in [3.63, 3.8) is 0 Å². The number of thioether (sulfide) groups is 1. The SMILES string of the molecule is COCCn1c(S[C@H](C#N)C2CCCCC2)nc(C)c1C. The molecular formula is C16H25N3OS. The molecule has 1 heterocycles. The van der Waals surface area contributed by atoms with Gasteiger partial charge in [0.25, 0.3) is 0 Å². The number of nitriles is 1. The molecule has 1 saturated carbocycles. The minimum atomic E-state index is 0.0211. The molecule has 0 unspecified atom stereocenters. The van der Waals surface area contributed by atoms with Gasteiger partial charge in [0, 0.05) is 19.3 Å². The Labute approximate surface area is 131 Å². The average Bonchev–Trinajstić information content (AvgIpc) is 2.78. The summed E-state index contributed by atoms with van der Waals surface area (Å²) in [5.74, 6) is 0.516. The molecule has 1 fully saturated rings. The van der Waals surface area contributed by atoms with Crippen molar-refractivity contribution in [2.75, 3.05) is 13.7 Å². The Morgan fingerprint density at radius 3 is 2.71 bits per heavy atom. The fourth-order valence-corrected chi connectivity index (χ4v) is 4.23. The van der Waals surface area contributed by atoms with Gasteiger partial charge in [0.05, 0.1) is 18.4 Å². The molecule has 1 atom stereocenters. The van der Waals surface area contributed by atoms with Crippen LogP contribution in [-0.2, 0) is 11.3 Å². The van der Waals surface area contributed by atoms with Gasteiger partial charge in [-0.25, -0.2) is 4.98 Å². The number of hydrogen-bond donors (Lipinski definition) is 0. The van der Waals surface area contributed by atoms with Crippen LogP contribution in [0, 0.1) is 31.1 Å². The summed E-state index contributed by atoms with van der Waals surface area (Å²) in [4.78, 5) is 4.66. The second-order valence-electron chi connectivity index (χ2n) is 5.78. The van der Waals surface area contributed by atoms with Gasteiger partial charge < -0.3 is 9.30 Å². The van der Waals surface area contributed by atoms with Gasteiger partial charge in [-0.05, 0) is 32.6 Å². The summed E-state index contributed by atoms with van der Waals surface area (Å²) in [6.07, 6.45) is 6.21. The monoisotopic (exact) mass is 307 g/mol. The lowest BCUT2D eigenvalue weighted by Crippen LogP contribution is -2.19. The Hall–Kier alpha value is -0.990. The van der Waals surface area contributed by atoms with E-state index in [1.54, 1.807) is 18.9 Å². The van der Waals surface area contributed by atoms with E-state index in [0.717, 1.165) is 17.4 Å². The number of imidazole rings is 1. The highest BCUT2D eigenvalue weighted by Gasteiger charge is 2.26. The van der Waals surface area contributed by atoms with Crippen LogP contribution in [0.2, 0.25) is 0 Å². The molecule has 2 rings (SSSR count). The number of rotatable bonds is 6. The Morgan fingerprint density at radius 2 is 2.10 bits per heavy atom. The number of methoxy groups -OCH3 is 1. The smallest absolute Gasteiger partial charge is 0.169 e. The van der Waals surface area contributed by atoms with E-state index in [4.69, 9.17) is 4.74 Å². The van der Waals surface area contributed by atoms with Gasteiger partial charge in [-0.1, -0.05) is 31.0 Å². The number of nitrogens with zero attached hydrogens (tertiary/aromatic N) is 3. The van der Waals surface area contributed by atoms with Crippen molar-refractivity contribution in [1.82, 2.24) is 9.55 Å². The zero-order valence-electron chi connectivity index (χ0n) is 13.3. The molecule has 21 heavy (non-hydrogen) atoms. The third-order valence-electron chi connectivity index (χ3n) is 4.38. The summed E-state index contributed by atoms with van der Waals surface area (Å²) in [7, 11) is 1.71. The fourth-order valence-electron chi connectivity index (χ4n) is 2.94. The Kier molecular flexibility index (Phi) is 6.13. The number of hydrogen-bond acceptors (Lipinski definition) is 4. The van der Waals surface area contributed by atoms with Crippen molar-refractivity contribution < 1.29 is 4.74 Å². The summed E-state index contributed by atoms with van der Waals surface area (Å²) >= 11 is 1.64. The van der Waals surface area contributed by atoms with Crippen LogP contribution in [0.1, 0.15) is 43.5 Å². The zero-order valence-corrected chi connectivity index (χ0v) is 14.1. The third-order valence-corrected chi connectivity index (χ3v) is 5.65. The molecule has 1 aromatic rings. The summed E-state index contributed by atoms with van der Waals surface area (Å²) in [6.45, 7) is 5.59. The van der Waals surface area contributed by atoms with Crippen LogP contribution in [0.5, 0.6) is 0 Å². The van der Waals surface area contributed by atoms with E-state index in [2.05, 4.69) is 22.5 Å². The number of aromatic nitrogens is 2. The van der Waals surface area contributed by atoms with Crippen LogP contribution in [-0.4, -0.2) is 28.5 Å². The van der Waals surface area contributed by atoms with Crippen LogP contribution in [0.4, 0.5) is 0 Å². The lowest BCUT2D eigenvalue weighted by Gasteiger charge is -2.25. The average molecular weight is 307 g/mol. The molecule has 1 aromatic heterocycles. The normalized spacial score (nSPS) is 17.6. The highest BCUT2D eigenvalue weighted by atomic mass is 32.2. The second-order valence-corrected chi connectivity index (χ2v) is 6.88. The minimum Gasteiger partial charge on any atom is -0.383 e. The zero-order chi connectivity index (χ0) is 15.2. The maximum atomic E-state index is 9.55. The predicted molar refractivity (Wildman–Crippen MR) is 85.4 cm³/mol. The molecule has 0 amide bonds. The first-order valence-electron chi connectivity index (χ1n) is 7.76. The summed E-state index contributed by atoms with van der Waals surface area (Å²) < 4.78 is 7.38. The van der Waals surface area contributed by atoms with Gasteiger partial charge in [-0.2, -0.15) is 5.26 Å². The predicted octanol–water partition coefficient (Wildman–Crippen LogP) is 3.71. The maximum Gasteiger partial charge on any atom is 0.169 e. The van der Waals surface area contributed by atoms with Crippen LogP contribution in [0.15, 0.2) is 5.16 Å². The van der Waals surface area contributed by atoms with E-state index in [-0.39, 0.29) is 5.25 Å². The first-order chi connectivity index (χ1) is 10.2. The van der Waals surface area contributed by atoms with E-state index < -0.39 is 0 Å². The van der Waals surface area contributed by atoms with Crippen molar-refractivity contribution in [2.24, 2.45) is 5.92 Å². The molecule has 1 aliphatic rings. The lowest BCUT2D eigenvalue weighted by atomic mass is 9.87. The summed E-state index contributed by atoms with van der Waals surface area (Å²) in [5.41, 5.74) is 2.23. The van der Waals surface area contributed by atoms with E-state index in [1.165, 1.54) is 37.8 Å². The summed E-state index contributed by atoms with van der Waals surface area (Å²) in [5, 5.41) is 10.5. The molecular weight excluding hydrogens is 282 g/mol. The highest BCUT2D eigenvalue weighted by molar-refractivity contribution is 8.00. The van der Waals surface area contributed by atoms with E-state index in [9.17, 15) is 5.26 Å². The highest BCUT2D eigenvalue weighted by Crippen LogP contribution is 2.36. The second kappa shape index (κ2) is 7.86. The van der Waals surface area contributed by atoms with Gasteiger partial charge >= 0.3 is 0 Å². The van der Waals surface area contributed by atoms with Crippen LogP contribution >= 0.6 is 11.8 Å². The molecule has 0 spiro atoms. The lowest BCUT2D eigenvalue weighted by molar-refractivity contribution is 0.184. The molecule has 0 radical (unpaired) electrons. The Morgan fingerprint density at radius 1 is 1.38 bits per heavy atom. The molecule has 116 valence electrons. The molecule has 0 aromatic carbocycles. The van der Waals surface area contributed by atoms with Gasteiger partial charge in [-0.3, -0.25) is 0 Å². The summed E-state index contributed by atoms with van der Waals surface area (Å²) in [6, 6.07) is 2.51.